The van der Waals surface area contributed by atoms with Crippen molar-refractivity contribution in [1.82, 2.24) is 15.5 Å². The van der Waals surface area contributed by atoms with E-state index in [2.05, 4.69) is 60.1 Å². The largest absolute Gasteiger partial charge is 0.355 e. The molecule has 0 aromatic carbocycles. The van der Waals surface area contributed by atoms with E-state index >= 15 is 0 Å². The topological polar surface area (TPSA) is 39.7 Å². The van der Waals surface area contributed by atoms with E-state index in [1.165, 1.54) is 18.6 Å². The van der Waals surface area contributed by atoms with Crippen molar-refractivity contribution in [3.63, 3.8) is 0 Å². The van der Waals surface area contributed by atoms with Gasteiger partial charge >= 0.3 is 0 Å². The number of rotatable bonds is 6. The van der Waals surface area contributed by atoms with Crippen molar-refractivity contribution in [2.24, 2.45) is 4.99 Å². The molecule has 112 valence electrons. The first-order chi connectivity index (χ1) is 8.97. The van der Waals surface area contributed by atoms with Crippen LogP contribution in [-0.4, -0.2) is 61.1 Å². The molecule has 1 heterocycles. The summed E-state index contributed by atoms with van der Waals surface area (Å²) in [7, 11) is 3.99. The van der Waals surface area contributed by atoms with E-state index in [0.717, 1.165) is 25.6 Å². The first-order valence-corrected chi connectivity index (χ1v) is 8.24. The molecular weight excluding hydrogens is 256 g/mol. The van der Waals surface area contributed by atoms with E-state index in [9.17, 15) is 0 Å². The van der Waals surface area contributed by atoms with Gasteiger partial charge in [-0.1, -0.05) is 0 Å². The highest BCUT2D eigenvalue weighted by Crippen LogP contribution is 2.36. The van der Waals surface area contributed by atoms with Crippen LogP contribution in [0.15, 0.2) is 4.99 Å². The number of hydrogen-bond donors (Lipinski definition) is 2. The van der Waals surface area contributed by atoms with E-state index in [0.29, 0.717) is 10.8 Å². The minimum Gasteiger partial charge on any atom is -0.355 e. The molecule has 0 radical (unpaired) electrons. The van der Waals surface area contributed by atoms with Crippen LogP contribution in [0.1, 0.15) is 33.6 Å². The number of aliphatic imine (C=N–C) groups is 1. The molecule has 1 fully saturated rings. The minimum absolute atomic E-state index is 0.381. The van der Waals surface area contributed by atoms with Gasteiger partial charge in [0.1, 0.15) is 0 Å². The Bertz CT molecular complexity index is 285. The molecule has 0 aromatic heterocycles. The van der Waals surface area contributed by atoms with Gasteiger partial charge in [-0.3, -0.25) is 4.99 Å². The Balaban J connectivity index is 2.23. The summed E-state index contributed by atoms with van der Waals surface area (Å²) in [5, 5.41) is 6.84. The molecule has 1 aliphatic heterocycles. The molecule has 0 aromatic rings. The van der Waals surface area contributed by atoms with Gasteiger partial charge in [0, 0.05) is 37.5 Å². The van der Waals surface area contributed by atoms with Gasteiger partial charge in [0.15, 0.2) is 5.96 Å². The molecule has 0 bridgehead atoms. The summed E-state index contributed by atoms with van der Waals surface area (Å²) in [5.74, 6) is 2.22. The molecule has 0 saturated carbocycles. The highest BCUT2D eigenvalue weighted by Gasteiger charge is 2.29. The van der Waals surface area contributed by atoms with Crippen LogP contribution in [0, 0.1) is 0 Å². The van der Waals surface area contributed by atoms with E-state index in [1.54, 1.807) is 0 Å². The Morgan fingerprint density at radius 3 is 2.68 bits per heavy atom. The second kappa shape index (κ2) is 8.00. The fraction of sp³-hybridized carbons (Fsp3) is 0.929. The quantitative estimate of drug-likeness (QED) is 0.577. The first kappa shape index (κ1) is 16.6. The molecule has 1 unspecified atom stereocenters. The summed E-state index contributed by atoms with van der Waals surface area (Å²) in [5.41, 5.74) is 0. The number of nitrogens with zero attached hydrogens (tertiary/aromatic N) is 2. The van der Waals surface area contributed by atoms with Crippen LogP contribution in [0.3, 0.4) is 0 Å². The van der Waals surface area contributed by atoms with Gasteiger partial charge in [-0.25, -0.2) is 0 Å². The molecule has 1 aliphatic rings. The normalized spacial score (nSPS) is 24.3. The molecule has 0 amide bonds. The predicted molar refractivity (Wildman–Crippen MR) is 87.2 cm³/mol. The van der Waals surface area contributed by atoms with Crippen LogP contribution in [0.2, 0.25) is 0 Å². The third-order valence-corrected chi connectivity index (χ3v) is 5.33. The van der Waals surface area contributed by atoms with E-state index in [-0.39, 0.29) is 0 Å². The fourth-order valence-electron chi connectivity index (χ4n) is 2.08. The second-order valence-corrected chi connectivity index (χ2v) is 7.51. The number of nitrogens with one attached hydrogen (secondary N) is 2. The molecule has 1 rings (SSSR count). The Labute approximate surface area is 122 Å². The minimum atomic E-state index is 0.381. The molecule has 1 atom stereocenters. The summed E-state index contributed by atoms with van der Waals surface area (Å²) < 4.78 is 0.381. The molecular formula is C14H30N4S. The molecule has 1 saturated heterocycles. The summed E-state index contributed by atoms with van der Waals surface area (Å²) in [6, 6.07) is 0.588. The maximum atomic E-state index is 4.29. The lowest BCUT2D eigenvalue weighted by Gasteiger charge is -2.25. The smallest absolute Gasteiger partial charge is 0.191 e. The third-order valence-electron chi connectivity index (χ3n) is 3.79. The highest BCUT2D eigenvalue weighted by molar-refractivity contribution is 8.00. The van der Waals surface area contributed by atoms with Crippen molar-refractivity contribution in [3.05, 3.63) is 0 Å². The lowest BCUT2D eigenvalue weighted by atomic mass is 10.1. The van der Waals surface area contributed by atoms with Crippen LogP contribution < -0.4 is 10.6 Å². The second-order valence-electron chi connectivity index (χ2n) is 5.83. The standard InChI is InChI=1S/C14H30N4S/c1-12(2)18(5)9-8-16-13(15-4)17-11-14(3)7-6-10-19-14/h12H,6-11H2,1-5H3,(H2,15,16,17). The third kappa shape index (κ3) is 6.04. The molecule has 4 nitrogen and oxygen atoms in total. The van der Waals surface area contributed by atoms with Crippen molar-refractivity contribution in [1.29, 1.82) is 0 Å². The lowest BCUT2D eigenvalue weighted by Crippen LogP contribution is -2.45. The Hall–Kier alpha value is -0.420. The van der Waals surface area contributed by atoms with Crippen molar-refractivity contribution in [3.8, 4) is 0 Å². The summed E-state index contributed by atoms with van der Waals surface area (Å²) in [6.07, 6.45) is 2.64. The maximum absolute atomic E-state index is 4.29. The number of guanidine groups is 1. The van der Waals surface area contributed by atoms with Gasteiger partial charge in [0.05, 0.1) is 0 Å². The van der Waals surface area contributed by atoms with E-state index in [4.69, 9.17) is 0 Å². The van der Waals surface area contributed by atoms with Gasteiger partial charge in [-0.15, -0.1) is 0 Å². The lowest BCUT2D eigenvalue weighted by molar-refractivity contribution is 0.278. The average molecular weight is 286 g/mol. The van der Waals surface area contributed by atoms with Gasteiger partial charge < -0.3 is 15.5 Å². The Kier molecular flexibility index (Phi) is 7.00. The Morgan fingerprint density at radius 1 is 1.42 bits per heavy atom. The monoisotopic (exact) mass is 286 g/mol. The Morgan fingerprint density at radius 2 is 2.16 bits per heavy atom. The van der Waals surface area contributed by atoms with Crippen molar-refractivity contribution in [2.75, 3.05) is 39.5 Å². The zero-order valence-corrected chi connectivity index (χ0v) is 13.9. The predicted octanol–water partition coefficient (Wildman–Crippen LogP) is 1.78. The SMILES string of the molecule is CN=C(NCCN(C)C(C)C)NCC1(C)CCCS1. The van der Waals surface area contributed by atoms with Gasteiger partial charge in [0.25, 0.3) is 0 Å². The van der Waals surface area contributed by atoms with Crippen molar-refractivity contribution >= 4 is 17.7 Å². The molecule has 5 heteroatoms. The summed E-state index contributed by atoms with van der Waals surface area (Å²) in [6.45, 7) is 9.73. The van der Waals surface area contributed by atoms with Crippen molar-refractivity contribution < 1.29 is 0 Å². The highest BCUT2D eigenvalue weighted by atomic mass is 32.2. The van der Waals surface area contributed by atoms with Crippen LogP contribution in [0.5, 0.6) is 0 Å². The first-order valence-electron chi connectivity index (χ1n) is 7.25. The number of thioether (sulfide) groups is 1. The zero-order valence-electron chi connectivity index (χ0n) is 13.1. The average Bonchev–Trinajstić information content (AvgIpc) is 2.80. The van der Waals surface area contributed by atoms with Crippen LogP contribution in [-0.2, 0) is 0 Å². The van der Waals surface area contributed by atoms with E-state index in [1.807, 2.05) is 7.05 Å². The number of hydrogen-bond acceptors (Lipinski definition) is 3. The van der Waals surface area contributed by atoms with Crippen molar-refractivity contribution in [2.45, 2.75) is 44.4 Å². The molecule has 19 heavy (non-hydrogen) atoms. The number of likely N-dealkylation sites (N-methyl/N-ethyl adjacent to an activating group) is 1. The maximum Gasteiger partial charge on any atom is 0.191 e. The molecule has 0 aliphatic carbocycles. The fourth-order valence-corrected chi connectivity index (χ4v) is 3.32. The zero-order chi connectivity index (χ0) is 14.3. The van der Waals surface area contributed by atoms with Crippen LogP contribution >= 0.6 is 11.8 Å². The van der Waals surface area contributed by atoms with E-state index < -0.39 is 0 Å². The molecule has 2 N–H and O–H groups in total. The van der Waals surface area contributed by atoms with Gasteiger partial charge in [-0.2, -0.15) is 11.8 Å². The van der Waals surface area contributed by atoms with Gasteiger partial charge in [-0.05, 0) is 46.4 Å². The van der Waals surface area contributed by atoms with Crippen LogP contribution in [0.4, 0.5) is 0 Å². The van der Waals surface area contributed by atoms with Crippen LogP contribution in [0.25, 0.3) is 0 Å². The summed E-state index contributed by atoms with van der Waals surface area (Å²) in [4.78, 5) is 6.62. The summed E-state index contributed by atoms with van der Waals surface area (Å²) >= 11 is 2.08. The molecule has 0 spiro atoms. The van der Waals surface area contributed by atoms with Gasteiger partial charge in [0.2, 0.25) is 0 Å².